The Kier molecular flexibility index (Phi) is 5.16. The zero-order valence-corrected chi connectivity index (χ0v) is 15.8. The number of aromatic nitrogens is 4. The van der Waals surface area contributed by atoms with E-state index in [1.165, 1.54) is 0 Å². The molecular formula is C19H22N6O2. The highest BCUT2D eigenvalue weighted by Gasteiger charge is 2.14. The van der Waals surface area contributed by atoms with Gasteiger partial charge in [0, 0.05) is 29.5 Å². The minimum absolute atomic E-state index is 0.0342. The second-order valence-corrected chi connectivity index (χ2v) is 6.71. The van der Waals surface area contributed by atoms with Crippen LogP contribution in [0.4, 0.5) is 5.69 Å². The van der Waals surface area contributed by atoms with E-state index in [0.29, 0.717) is 12.3 Å². The fourth-order valence-corrected chi connectivity index (χ4v) is 2.52. The molecule has 0 saturated heterocycles. The quantitative estimate of drug-likeness (QED) is 0.721. The van der Waals surface area contributed by atoms with E-state index in [4.69, 9.17) is 0 Å². The molecule has 0 radical (unpaired) electrons. The summed E-state index contributed by atoms with van der Waals surface area (Å²) < 4.78 is 1.55. The molecule has 1 aromatic carbocycles. The van der Waals surface area contributed by atoms with Gasteiger partial charge in [-0.05, 0) is 37.6 Å². The van der Waals surface area contributed by atoms with Gasteiger partial charge >= 0.3 is 0 Å². The molecule has 2 amide bonds. The van der Waals surface area contributed by atoms with Crippen molar-refractivity contribution in [1.29, 1.82) is 0 Å². The number of nitrogens with zero attached hydrogens (tertiary/aromatic N) is 4. The highest BCUT2D eigenvalue weighted by Crippen LogP contribution is 2.11. The van der Waals surface area contributed by atoms with E-state index in [2.05, 4.69) is 25.7 Å². The first-order valence-electron chi connectivity index (χ1n) is 8.72. The topological polar surface area (TPSA) is 101 Å². The minimum Gasteiger partial charge on any atom is -0.345 e. The molecule has 3 rings (SSSR count). The first-order valence-corrected chi connectivity index (χ1v) is 8.72. The lowest BCUT2D eigenvalue weighted by atomic mass is 10.1. The third kappa shape index (κ3) is 4.28. The lowest BCUT2D eigenvalue weighted by Gasteiger charge is -2.08. The van der Waals surface area contributed by atoms with E-state index in [1.54, 1.807) is 16.6 Å². The van der Waals surface area contributed by atoms with Crippen molar-refractivity contribution < 1.29 is 9.59 Å². The first kappa shape index (κ1) is 18.5. The van der Waals surface area contributed by atoms with Crippen LogP contribution in [0, 0.1) is 19.8 Å². The fraction of sp³-hybridized carbons (Fsp3) is 0.316. The number of fused-ring (bicyclic) bond motifs is 1. The Morgan fingerprint density at radius 1 is 1.11 bits per heavy atom. The summed E-state index contributed by atoms with van der Waals surface area (Å²) in [5, 5.41) is 9.84. The third-order valence-electron chi connectivity index (χ3n) is 4.02. The lowest BCUT2D eigenvalue weighted by Crippen LogP contribution is -2.24. The van der Waals surface area contributed by atoms with Crippen molar-refractivity contribution in [1.82, 2.24) is 24.9 Å². The molecular weight excluding hydrogens is 344 g/mol. The molecule has 0 saturated carbocycles. The highest BCUT2D eigenvalue weighted by molar-refractivity contribution is 5.92. The van der Waals surface area contributed by atoms with Crippen molar-refractivity contribution in [3.8, 4) is 0 Å². The number of nitrogens with one attached hydrogen (secondary N) is 2. The lowest BCUT2D eigenvalue weighted by molar-refractivity contribution is -0.118. The average Bonchev–Trinajstić information content (AvgIpc) is 3.05. The summed E-state index contributed by atoms with van der Waals surface area (Å²) in [6, 6.07) is 9.19. The number of hydrogen-bond acceptors (Lipinski definition) is 5. The predicted octanol–water partition coefficient (Wildman–Crippen LogP) is 2.27. The van der Waals surface area contributed by atoms with Gasteiger partial charge in [0.25, 0.3) is 11.7 Å². The molecule has 27 heavy (non-hydrogen) atoms. The molecule has 3 aromatic rings. The van der Waals surface area contributed by atoms with Crippen LogP contribution in [0.1, 0.15) is 41.4 Å². The SMILES string of the molecule is Cc1cc(C)n2nc(C(=O)NCc3ccc(NC(=O)C(C)C)cc3)nc2n1. The van der Waals surface area contributed by atoms with Crippen LogP contribution in [0.3, 0.4) is 0 Å². The van der Waals surface area contributed by atoms with Gasteiger partial charge in [-0.25, -0.2) is 9.50 Å². The van der Waals surface area contributed by atoms with Crippen LogP contribution in [0.2, 0.25) is 0 Å². The van der Waals surface area contributed by atoms with E-state index < -0.39 is 0 Å². The van der Waals surface area contributed by atoms with Crippen LogP contribution in [0.25, 0.3) is 5.78 Å². The zero-order chi connectivity index (χ0) is 19.6. The molecule has 2 aromatic heterocycles. The monoisotopic (exact) mass is 366 g/mol. The highest BCUT2D eigenvalue weighted by atomic mass is 16.2. The molecule has 0 spiro atoms. The molecule has 2 N–H and O–H groups in total. The number of carbonyl (C=O) groups is 2. The number of hydrogen-bond donors (Lipinski definition) is 2. The maximum absolute atomic E-state index is 12.3. The Morgan fingerprint density at radius 3 is 2.48 bits per heavy atom. The van der Waals surface area contributed by atoms with E-state index in [0.717, 1.165) is 22.6 Å². The van der Waals surface area contributed by atoms with Crippen molar-refractivity contribution in [3.05, 3.63) is 53.1 Å². The molecule has 8 heteroatoms. The summed E-state index contributed by atoms with van der Waals surface area (Å²) >= 11 is 0. The van der Waals surface area contributed by atoms with Crippen LogP contribution < -0.4 is 10.6 Å². The van der Waals surface area contributed by atoms with Crippen LogP contribution in [0.5, 0.6) is 0 Å². The Balaban J connectivity index is 1.64. The first-order chi connectivity index (χ1) is 12.8. The molecule has 0 unspecified atom stereocenters. The van der Waals surface area contributed by atoms with Crippen molar-refractivity contribution >= 4 is 23.3 Å². The summed E-state index contributed by atoms with van der Waals surface area (Å²) in [7, 11) is 0. The van der Waals surface area contributed by atoms with Gasteiger partial charge in [-0.1, -0.05) is 26.0 Å². The van der Waals surface area contributed by atoms with Crippen LogP contribution >= 0.6 is 0 Å². The van der Waals surface area contributed by atoms with Gasteiger partial charge in [0.15, 0.2) is 0 Å². The smallest absolute Gasteiger partial charge is 0.291 e. The molecule has 0 fully saturated rings. The van der Waals surface area contributed by atoms with Crippen molar-refractivity contribution in [2.75, 3.05) is 5.32 Å². The standard InChI is InChI=1S/C19H22N6O2/c1-11(2)17(26)22-15-7-5-14(6-8-15)10-20-18(27)16-23-19-21-12(3)9-13(4)25(19)24-16/h5-9,11H,10H2,1-4H3,(H,20,27)(H,22,26). The Labute approximate surface area is 157 Å². The van der Waals surface area contributed by atoms with Gasteiger partial charge in [0.1, 0.15) is 0 Å². The summed E-state index contributed by atoms with van der Waals surface area (Å²) in [4.78, 5) is 32.5. The summed E-state index contributed by atoms with van der Waals surface area (Å²) in [6.07, 6.45) is 0. The number of amides is 2. The molecule has 0 aliphatic rings. The third-order valence-corrected chi connectivity index (χ3v) is 4.02. The van der Waals surface area contributed by atoms with E-state index in [1.807, 2.05) is 45.9 Å². The van der Waals surface area contributed by atoms with E-state index in [9.17, 15) is 9.59 Å². The normalized spacial score (nSPS) is 11.0. The largest absolute Gasteiger partial charge is 0.345 e. The number of rotatable bonds is 5. The number of benzene rings is 1. The average molecular weight is 366 g/mol. The van der Waals surface area contributed by atoms with Gasteiger partial charge in [0.05, 0.1) is 0 Å². The summed E-state index contributed by atoms with van der Waals surface area (Å²) in [5.74, 6) is 0.00609. The Morgan fingerprint density at radius 2 is 1.81 bits per heavy atom. The molecule has 8 nitrogen and oxygen atoms in total. The molecule has 0 aliphatic carbocycles. The van der Waals surface area contributed by atoms with Crippen LogP contribution in [-0.4, -0.2) is 31.4 Å². The fourth-order valence-electron chi connectivity index (χ4n) is 2.52. The minimum atomic E-state index is -0.366. The van der Waals surface area contributed by atoms with Crippen molar-refractivity contribution in [2.45, 2.75) is 34.2 Å². The summed E-state index contributed by atoms with van der Waals surface area (Å²) in [6.45, 7) is 7.76. The van der Waals surface area contributed by atoms with Gasteiger partial charge in [-0.2, -0.15) is 4.98 Å². The van der Waals surface area contributed by atoms with Crippen LogP contribution in [-0.2, 0) is 11.3 Å². The van der Waals surface area contributed by atoms with Gasteiger partial charge in [-0.15, -0.1) is 5.10 Å². The van der Waals surface area contributed by atoms with E-state index >= 15 is 0 Å². The number of aryl methyl sites for hydroxylation is 2. The molecule has 0 bridgehead atoms. The molecule has 0 atom stereocenters. The van der Waals surface area contributed by atoms with Gasteiger partial charge < -0.3 is 10.6 Å². The predicted molar refractivity (Wildman–Crippen MR) is 101 cm³/mol. The number of anilines is 1. The second kappa shape index (κ2) is 7.53. The van der Waals surface area contributed by atoms with E-state index in [-0.39, 0.29) is 23.6 Å². The maximum Gasteiger partial charge on any atom is 0.291 e. The summed E-state index contributed by atoms with van der Waals surface area (Å²) in [5.41, 5.74) is 3.31. The Bertz CT molecular complexity index is 991. The molecule has 0 aliphatic heterocycles. The maximum atomic E-state index is 12.3. The Hall–Kier alpha value is -3.29. The van der Waals surface area contributed by atoms with Crippen molar-refractivity contribution in [3.63, 3.8) is 0 Å². The van der Waals surface area contributed by atoms with Gasteiger partial charge in [-0.3, -0.25) is 9.59 Å². The zero-order valence-electron chi connectivity index (χ0n) is 15.8. The molecule has 140 valence electrons. The second-order valence-electron chi connectivity index (χ2n) is 6.71. The van der Waals surface area contributed by atoms with Crippen molar-refractivity contribution in [2.24, 2.45) is 5.92 Å². The molecule has 2 heterocycles. The van der Waals surface area contributed by atoms with Gasteiger partial charge in [0.2, 0.25) is 11.7 Å². The number of carbonyl (C=O) groups excluding carboxylic acids is 2. The van der Waals surface area contributed by atoms with Crippen LogP contribution in [0.15, 0.2) is 30.3 Å².